The Hall–Kier alpha value is -1.84. The Labute approximate surface area is 156 Å². The van der Waals surface area contributed by atoms with Gasteiger partial charge in [0.2, 0.25) is 0 Å². The van der Waals surface area contributed by atoms with Gasteiger partial charge in [-0.05, 0) is 72.5 Å². The highest BCUT2D eigenvalue weighted by Crippen LogP contribution is 2.36. The predicted molar refractivity (Wildman–Crippen MR) is 105 cm³/mol. The fourth-order valence-electron chi connectivity index (χ4n) is 4.46. The number of hydrogen-bond donors (Lipinski definition) is 0. The molecule has 0 aromatic heterocycles. The maximum absolute atomic E-state index is 5.58. The summed E-state index contributed by atoms with van der Waals surface area (Å²) in [5.41, 5.74) is 7.08. The standard InChI is InChI=1S/C23H29NO2/c1-24(12-11-17-9-10-19-15-26-16-20(19)13-17)14-18-5-3-7-22-21(18)6-4-8-23(22)25-2/h4,6,8-10,13,18H,3,5,7,11-12,14-16H2,1-2H3. The maximum Gasteiger partial charge on any atom is 0.122 e. The zero-order valence-electron chi connectivity index (χ0n) is 16.0. The second-order valence-corrected chi connectivity index (χ2v) is 7.73. The smallest absolute Gasteiger partial charge is 0.122 e. The Bertz CT molecular complexity index is 771. The molecule has 0 radical (unpaired) electrons. The first kappa shape index (κ1) is 17.6. The Kier molecular flexibility index (Phi) is 5.28. The van der Waals surface area contributed by atoms with Crippen molar-refractivity contribution in [2.24, 2.45) is 0 Å². The first-order chi connectivity index (χ1) is 12.7. The van der Waals surface area contributed by atoms with Gasteiger partial charge in [0.15, 0.2) is 0 Å². The van der Waals surface area contributed by atoms with Gasteiger partial charge in [0.05, 0.1) is 20.3 Å². The largest absolute Gasteiger partial charge is 0.496 e. The molecule has 1 unspecified atom stereocenters. The van der Waals surface area contributed by atoms with Gasteiger partial charge in [0, 0.05) is 13.1 Å². The summed E-state index contributed by atoms with van der Waals surface area (Å²) in [4.78, 5) is 2.49. The molecule has 3 heteroatoms. The molecule has 0 saturated carbocycles. The number of methoxy groups -OCH3 is 1. The third kappa shape index (κ3) is 3.65. The lowest BCUT2D eigenvalue weighted by atomic mass is 9.82. The number of ether oxygens (including phenoxy) is 2. The molecule has 0 spiro atoms. The lowest BCUT2D eigenvalue weighted by molar-refractivity contribution is 0.134. The van der Waals surface area contributed by atoms with Gasteiger partial charge >= 0.3 is 0 Å². The highest BCUT2D eigenvalue weighted by Gasteiger charge is 2.23. The molecule has 0 amide bonds. The van der Waals surface area contributed by atoms with Gasteiger partial charge in [-0.2, -0.15) is 0 Å². The summed E-state index contributed by atoms with van der Waals surface area (Å²) >= 11 is 0. The van der Waals surface area contributed by atoms with Crippen LogP contribution in [-0.2, 0) is 30.8 Å². The van der Waals surface area contributed by atoms with Gasteiger partial charge in [0.1, 0.15) is 5.75 Å². The molecule has 3 nitrogen and oxygen atoms in total. The molecular formula is C23H29NO2. The van der Waals surface area contributed by atoms with Crippen molar-refractivity contribution in [3.63, 3.8) is 0 Å². The topological polar surface area (TPSA) is 21.7 Å². The van der Waals surface area contributed by atoms with Gasteiger partial charge in [0.25, 0.3) is 0 Å². The quantitative estimate of drug-likeness (QED) is 0.774. The minimum Gasteiger partial charge on any atom is -0.496 e. The number of likely N-dealkylation sites (N-methyl/N-ethyl adjacent to an activating group) is 1. The SMILES string of the molecule is COc1cccc2c1CCCC2CN(C)CCc1ccc2c(c1)COC2. The van der Waals surface area contributed by atoms with Crippen LogP contribution < -0.4 is 4.74 Å². The van der Waals surface area contributed by atoms with Crippen LogP contribution >= 0.6 is 0 Å². The molecule has 138 valence electrons. The number of nitrogens with zero attached hydrogens (tertiary/aromatic N) is 1. The Balaban J connectivity index is 1.38. The van der Waals surface area contributed by atoms with Gasteiger partial charge in [-0.25, -0.2) is 0 Å². The average molecular weight is 351 g/mol. The van der Waals surface area contributed by atoms with Crippen molar-refractivity contribution in [3.05, 3.63) is 64.2 Å². The van der Waals surface area contributed by atoms with E-state index < -0.39 is 0 Å². The number of hydrogen-bond acceptors (Lipinski definition) is 3. The van der Waals surface area contributed by atoms with E-state index in [9.17, 15) is 0 Å². The van der Waals surface area contributed by atoms with E-state index in [1.807, 2.05) is 0 Å². The first-order valence-corrected chi connectivity index (χ1v) is 9.77. The summed E-state index contributed by atoms with van der Waals surface area (Å²) in [7, 11) is 4.04. The molecule has 2 aliphatic rings. The Morgan fingerprint density at radius 3 is 2.92 bits per heavy atom. The molecule has 1 atom stereocenters. The second kappa shape index (κ2) is 7.81. The van der Waals surface area contributed by atoms with E-state index in [0.717, 1.165) is 44.9 Å². The van der Waals surface area contributed by atoms with Crippen LogP contribution in [0.25, 0.3) is 0 Å². The lowest BCUT2D eigenvalue weighted by Crippen LogP contribution is -2.28. The summed E-state index contributed by atoms with van der Waals surface area (Å²) in [6.45, 7) is 3.77. The third-order valence-electron chi connectivity index (χ3n) is 5.91. The second-order valence-electron chi connectivity index (χ2n) is 7.73. The first-order valence-electron chi connectivity index (χ1n) is 9.77. The zero-order chi connectivity index (χ0) is 17.9. The van der Waals surface area contributed by atoms with E-state index in [-0.39, 0.29) is 0 Å². The van der Waals surface area contributed by atoms with E-state index in [0.29, 0.717) is 5.92 Å². The number of benzene rings is 2. The predicted octanol–water partition coefficient (Wildman–Crippen LogP) is 4.32. The molecule has 0 N–H and O–H groups in total. The van der Waals surface area contributed by atoms with Crippen molar-refractivity contribution in [2.45, 2.75) is 44.8 Å². The molecule has 0 bridgehead atoms. The fourth-order valence-corrected chi connectivity index (χ4v) is 4.46. The van der Waals surface area contributed by atoms with Crippen LogP contribution in [0.1, 0.15) is 46.6 Å². The summed E-state index contributed by atoms with van der Waals surface area (Å²) in [6, 6.07) is 13.4. The van der Waals surface area contributed by atoms with Crippen LogP contribution in [0, 0.1) is 0 Å². The van der Waals surface area contributed by atoms with Gasteiger partial charge < -0.3 is 14.4 Å². The van der Waals surface area contributed by atoms with Crippen molar-refractivity contribution < 1.29 is 9.47 Å². The third-order valence-corrected chi connectivity index (χ3v) is 5.91. The highest BCUT2D eigenvalue weighted by atomic mass is 16.5. The maximum atomic E-state index is 5.58. The minimum absolute atomic E-state index is 0.618. The van der Waals surface area contributed by atoms with Crippen LogP contribution in [0.15, 0.2) is 36.4 Å². The van der Waals surface area contributed by atoms with Crippen LogP contribution in [-0.4, -0.2) is 32.1 Å². The van der Waals surface area contributed by atoms with Crippen molar-refractivity contribution in [2.75, 3.05) is 27.2 Å². The van der Waals surface area contributed by atoms with Crippen LogP contribution in [0.2, 0.25) is 0 Å². The molecule has 0 saturated heterocycles. The lowest BCUT2D eigenvalue weighted by Gasteiger charge is -2.30. The molecule has 26 heavy (non-hydrogen) atoms. The summed E-state index contributed by atoms with van der Waals surface area (Å²) < 4.78 is 11.1. The molecule has 2 aromatic carbocycles. The van der Waals surface area contributed by atoms with Crippen LogP contribution in [0.4, 0.5) is 0 Å². The summed E-state index contributed by atoms with van der Waals surface area (Å²) in [5, 5.41) is 0. The van der Waals surface area contributed by atoms with E-state index in [1.165, 1.54) is 40.7 Å². The van der Waals surface area contributed by atoms with Gasteiger partial charge in [-0.1, -0.05) is 30.3 Å². The van der Waals surface area contributed by atoms with Crippen LogP contribution in [0.5, 0.6) is 5.75 Å². The molecule has 0 fully saturated rings. The van der Waals surface area contributed by atoms with Gasteiger partial charge in [-0.3, -0.25) is 0 Å². The van der Waals surface area contributed by atoms with Crippen molar-refractivity contribution >= 4 is 0 Å². The number of rotatable bonds is 6. The minimum atomic E-state index is 0.618. The number of fused-ring (bicyclic) bond motifs is 2. The van der Waals surface area contributed by atoms with E-state index in [2.05, 4.69) is 48.3 Å². The highest BCUT2D eigenvalue weighted by molar-refractivity contribution is 5.43. The molecule has 4 rings (SSSR count). The Morgan fingerprint density at radius 1 is 1.15 bits per heavy atom. The zero-order valence-corrected chi connectivity index (χ0v) is 16.0. The Morgan fingerprint density at radius 2 is 2.04 bits per heavy atom. The van der Waals surface area contributed by atoms with Gasteiger partial charge in [-0.15, -0.1) is 0 Å². The van der Waals surface area contributed by atoms with E-state index in [1.54, 1.807) is 7.11 Å². The van der Waals surface area contributed by atoms with Crippen molar-refractivity contribution in [3.8, 4) is 5.75 Å². The molecule has 1 heterocycles. The van der Waals surface area contributed by atoms with E-state index in [4.69, 9.17) is 9.47 Å². The molecule has 1 aliphatic carbocycles. The van der Waals surface area contributed by atoms with Crippen LogP contribution in [0.3, 0.4) is 0 Å². The average Bonchev–Trinajstić information content (AvgIpc) is 3.14. The van der Waals surface area contributed by atoms with Crippen molar-refractivity contribution in [1.82, 2.24) is 4.90 Å². The summed E-state index contributed by atoms with van der Waals surface area (Å²) in [6.07, 6.45) is 4.79. The van der Waals surface area contributed by atoms with Crippen molar-refractivity contribution in [1.29, 1.82) is 0 Å². The molecule has 2 aromatic rings. The van der Waals surface area contributed by atoms with E-state index >= 15 is 0 Å². The molecule has 1 aliphatic heterocycles. The monoisotopic (exact) mass is 351 g/mol. The summed E-state index contributed by atoms with van der Waals surface area (Å²) in [5.74, 6) is 1.68. The normalized spacial score (nSPS) is 18.7. The molecular weight excluding hydrogens is 322 g/mol. The fraction of sp³-hybridized carbons (Fsp3) is 0.478.